The third-order valence-corrected chi connectivity index (χ3v) is 6.07. The predicted molar refractivity (Wildman–Crippen MR) is 146 cm³/mol. The van der Waals surface area contributed by atoms with Gasteiger partial charge in [0.1, 0.15) is 0 Å². The highest BCUT2D eigenvalue weighted by atomic mass is 16.4. The Morgan fingerprint density at radius 1 is 0.714 bits per heavy atom. The summed E-state index contributed by atoms with van der Waals surface area (Å²) < 4.78 is 0. The topological polar surface area (TPSA) is 40.5 Å². The zero-order valence-electron chi connectivity index (χ0n) is 20.1. The van der Waals surface area contributed by atoms with Crippen molar-refractivity contribution >= 4 is 29.1 Å². The van der Waals surface area contributed by atoms with Crippen LogP contribution in [0, 0.1) is 0 Å². The monoisotopic (exact) mass is 461 g/mol. The number of hydrogen-bond acceptors (Lipinski definition) is 2. The van der Waals surface area contributed by atoms with E-state index in [0.29, 0.717) is 0 Å². The van der Waals surface area contributed by atoms with Crippen molar-refractivity contribution in [3.63, 3.8) is 0 Å². The number of carboxylic acid groups (broad SMARTS) is 1. The van der Waals surface area contributed by atoms with Crippen LogP contribution in [-0.2, 0) is 11.2 Å². The lowest BCUT2D eigenvalue weighted by Gasteiger charge is -2.25. The average Bonchev–Trinajstić information content (AvgIpc) is 2.90. The summed E-state index contributed by atoms with van der Waals surface area (Å²) in [7, 11) is 0. The third-order valence-electron chi connectivity index (χ3n) is 6.07. The van der Waals surface area contributed by atoms with Crippen molar-refractivity contribution in [2.75, 3.05) is 4.90 Å². The van der Waals surface area contributed by atoms with Crippen LogP contribution in [0.2, 0.25) is 0 Å². The van der Waals surface area contributed by atoms with E-state index < -0.39 is 5.97 Å². The lowest BCUT2D eigenvalue weighted by Crippen LogP contribution is -2.09. The van der Waals surface area contributed by atoms with Crippen LogP contribution >= 0.6 is 0 Å². The van der Waals surface area contributed by atoms with E-state index in [1.165, 1.54) is 36.0 Å². The molecule has 0 aliphatic carbocycles. The van der Waals surface area contributed by atoms with E-state index >= 15 is 0 Å². The van der Waals surface area contributed by atoms with Gasteiger partial charge in [-0.1, -0.05) is 86.5 Å². The molecule has 0 radical (unpaired) electrons. The number of aliphatic carboxylic acids is 1. The van der Waals surface area contributed by atoms with Crippen LogP contribution in [0.1, 0.15) is 37.3 Å². The first-order valence-electron chi connectivity index (χ1n) is 12.2. The van der Waals surface area contributed by atoms with Crippen LogP contribution in [0.15, 0.2) is 109 Å². The summed E-state index contributed by atoms with van der Waals surface area (Å²) in [5.41, 5.74) is 7.78. The van der Waals surface area contributed by atoms with Gasteiger partial charge in [0, 0.05) is 23.1 Å². The van der Waals surface area contributed by atoms with E-state index in [4.69, 9.17) is 5.11 Å². The molecule has 0 spiro atoms. The Balaban J connectivity index is 1.59. The van der Waals surface area contributed by atoms with Gasteiger partial charge in [-0.05, 0) is 77.6 Å². The Labute approximate surface area is 208 Å². The van der Waals surface area contributed by atoms with Crippen molar-refractivity contribution in [1.29, 1.82) is 0 Å². The molecule has 0 aliphatic heterocycles. The molecule has 4 aromatic rings. The second-order valence-corrected chi connectivity index (χ2v) is 8.63. The van der Waals surface area contributed by atoms with Gasteiger partial charge < -0.3 is 10.0 Å². The van der Waals surface area contributed by atoms with Gasteiger partial charge in [-0.2, -0.15) is 0 Å². The molecule has 3 nitrogen and oxygen atoms in total. The zero-order valence-corrected chi connectivity index (χ0v) is 20.1. The molecule has 0 bridgehead atoms. The molecule has 176 valence electrons. The van der Waals surface area contributed by atoms with Crippen molar-refractivity contribution in [3.8, 4) is 11.1 Å². The molecular weight excluding hydrogens is 430 g/mol. The molecule has 0 aromatic heterocycles. The van der Waals surface area contributed by atoms with Crippen LogP contribution in [0.3, 0.4) is 0 Å². The maximum atomic E-state index is 10.8. The fourth-order valence-electron chi connectivity index (χ4n) is 4.17. The number of benzene rings is 4. The summed E-state index contributed by atoms with van der Waals surface area (Å²) in [6, 6.07) is 35.7. The van der Waals surface area contributed by atoms with E-state index in [1.54, 1.807) is 6.08 Å². The number of carboxylic acids is 1. The minimum absolute atomic E-state index is 0.845. The van der Waals surface area contributed by atoms with Gasteiger partial charge in [0.2, 0.25) is 0 Å². The molecule has 1 N–H and O–H groups in total. The van der Waals surface area contributed by atoms with Crippen molar-refractivity contribution in [2.45, 2.75) is 32.6 Å². The number of carbonyl (C=O) groups is 1. The summed E-state index contributed by atoms with van der Waals surface area (Å²) in [6.45, 7) is 2.24. The lowest BCUT2D eigenvalue weighted by molar-refractivity contribution is -0.131. The molecule has 0 saturated heterocycles. The third kappa shape index (κ3) is 6.48. The summed E-state index contributed by atoms with van der Waals surface area (Å²) in [6.07, 6.45) is 7.67. The Kier molecular flexibility index (Phi) is 8.13. The first-order valence-corrected chi connectivity index (χ1v) is 12.2. The Morgan fingerprint density at radius 3 is 1.83 bits per heavy atom. The second-order valence-electron chi connectivity index (χ2n) is 8.63. The van der Waals surface area contributed by atoms with E-state index in [2.05, 4.69) is 72.5 Å². The number of nitrogens with zero attached hydrogens (tertiary/aromatic N) is 1. The minimum atomic E-state index is -0.953. The molecule has 0 amide bonds. The van der Waals surface area contributed by atoms with Gasteiger partial charge in [-0.25, -0.2) is 4.79 Å². The first-order chi connectivity index (χ1) is 17.1. The van der Waals surface area contributed by atoms with Crippen LogP contribution in [0.4, 0.5) is 17.1 Å². The van der Waals surface area contributed by atoms with Gasteiger partial charge >= 0.3 is 5.97 Å². The number of rotatable bonds is 10. The molecule has 0 unspecified atom stereocenters. The normalized spacial score (nSPS) is 11.0. The van der Waals surface area contributed by atoms with Crippen molar-refractivity contribution in [2.24, 2.45) is 0 Å². The van der Waals surface area contributed by atoms with Crippen molar-refractivity contribution in [1.82, 2.24) is 0 Å². The molecule has 0 fully saturated rings. The number of unbranched alkanes of at least 4 members (excludes halogenated alkanes) is 2. The fraction of sp³-hybridized carbons (Fsp3) is 0.156. The maximum Gasteiger partial charge on any atom is 0.328 e. The second kappa shape index (κ2) is 11.8. The predicted octanol–water partition coefficient (Wildman–Crippen LogP) is 8.65. The van der Waals surface area contributed by atoms with E-state index in [-0.39, 0.29) is 0 Å². The summed E-state index contributed by atoms with van der Waals surface area (Å²) in [5.74, 6) is -0.953. The zero-order chi connectivity index (χ0) is 24.5. The quantitative estimate of drug-likeness (QED) is 0.190. The minimum Gasteiger partial charge on any atom is -0.478 e. The van der Waals surface area contributed by atoms with Gasteiger partial charge in [-0.15, -0.1) is 0 Å². The SMILES string of the molecule is CCCCCc1ccc(-c2ccc(N(c3ccccc3)c3ccc(/C=C/C(=O)O)cc3)cc2)cc1. The van der Waals surface area contributed by atoms with Crippen LogP contribution < -0.4 is 4.90 Å². The molecule has 0 heterocycles. The summed E-state index contributed by atoms with van der Waals surface area (Å²) >= 11 is 0. The summed E-state index contributed by atoms with van der Waals surface area (Å²) in [4.78, 5) is 13.0. The van der Waals surface area contributed by atoms with E-state index in [9.17, 15) is 4.79 Å². The first kappa shape index (κ1) is 24.0. The molecule has 3 heteroatoms. The molecule has 35 heavy (non-hydrogen) atoms. The number of para-hydroxylation sites is 1. The molecule has 0 atom stereocenters. The van der Waals surface area contributed by atoms with Gasteiger partial charge in [-0.3, -0.25) is 0 Å². The van der Waals surface area contributed by atoms with Crippen LogP contribution in [-0.4, -0.2) is 11.1 Å². The molecule has 0 aliphatic rings. The van der Waals surface area contributed by atoms with E-state index in [0.717, 1.165) is 35.1 Å². The number of hydrogen-bond donors (Lipinski definition) is 1. The highest BCUT2D eigenvalue weighted by molar-refractivity contribution is 5.85. The van der Waals surface area contributed by atoms with Crippen LogP contribution in [0.25, 0.3) is 17.2 Å². The largest absolute Gasteiger partial charge is 0.478 e. The van der Waals surface area contributed by atoms with Gasteiger partial charge in [0.25, 0.3) is 0 Å². The maximum absolute atomic E-state index is 10.8. The van der Waals surface area contributed by atoms with Crippen molar-refractivity contribution < 1.29 is 9.90 Å². The van der Waals surface area contributed by atoms with E-state index in [1.807, 2.05) is 42.5 Å². The van der Waals surface area contributed by atoms with Crippen LogP contribution in [0.5, 0.6) is 0 Å². The van der Waals surface area contributed by atoms with Crippen molar-refractivity contribution in [3.05, 3.63) is 120 Å². The Morgan fingerprint density at radius 2 is 1.26 bits per heavy atom. The fourth-order valence-corrected chi connectivity index (χ4v) is 4.17. The van der Waals surface area contributed by atoms with Gasteiger partial charge in [0.15, 0.2) is 0 Å². The average molecular weight is 462 g/mol. The Bertz CT molecular complexity index is 1240. The molecular formula is C32H31NO2. The highest BCUT2D eigenvalue weighted by Gasteiger charge is 2.12. The number of aryl methyl sites for hydroxylation is 1. The molecule has 4 aromatic carbocycles. The Hall–Kier alpha value is -4.11. The molecule has 4 rings (SSSR count). The standard InChI is InChI=1S/C32H31NO2/c1-2-3-5-8-25-11-16-27(17-12-25)28-18-22-31(23-19-28)33(29-9-6-4-7-10-29)30-20-13-26(14-21-30)15-24-32(34)35/h4,6-7,9-24H,2-3,5,8H2,1H3,(H,34,35)/b24-15+. The highest BCUT2D eigenvalue weighted by Crippen LogP contribution is 2.35. The molecule has 0 saturated carbocycles. The smallest absolute Gasteiger partial charge is 0.328 e. The number of anilines is 3. The summed E-state index contributed by atoms with van der Waals surface area (Å²) in [5, 5.41) is 8.88. The van der Waals surface area contributed by atoms with Gasteiger partial charge in [0.05, 0.1) is 0 Å². The lowest BCUT2D eigenvalue weighted by atomic mass is 10.0.